The SMILES string of the molecule is O=C(O)CCCCCCCCc1ccc(C2=CCCCC2)cc1. The molecule has 0 spiro atoms. The first-order valence-electron chi connectivity index (χ1n) is 9.26. The summed E-state index contributed by atoms with van der Waals surface area (Å²) in [6.07, 6.45) is 15.8. The van der Waals surface area contributed by atoms with Crippen LogP contribution in [0.3, 0.4) is 0 Å². The number of rotatable bonds is 10. The van der Waals surface area contributed by atoms with E-state index < -0.39 is 5.97 Å². The van der Waals surface area contributed by atoms with E-state index in [-0.39, 0.29) is 0 Å². The Kier molecular flexibility index (Phi) is 7.92. The smallest absolute Gasteiger partial charge is 0.303 e. The van der Waals surface area contributed by atoms with Crippen molar-refractivity contribution in [3.05, 3.63) is 41.5 Å². The zero-order chi connectivity index (χ0) is 16.3. The third kappa shape index (κ3) is 7.02. The Balaban J connectivity index is 1.59. The van der Waals surface area contributed by atoms with Gasteiger partial charge in [0.05, 0.1) is 0 Å². The van der Waals surface area contributed by atoms with Crippen LogP contribution >= 0.6 is 0 Å². The Morgan fingerprint density at radius 2 is 1.61 bits per heavy atom. The zero-order valence-corrected chi connectivity index (χ0v) is 14.2. The van der Waals surface area contributed by atoms with Gasteiger partial charge in [-0.2, -0.15) is 0 Å². The Morgan fingerprint density at radius 1 is 0.913 bits per heavy atom. The molecule has 0 radical (unpaired) electrons. The van der Waals surface area contributed by atoms with Crippen LogP contribution in [0.15, 0.2) is 30.3 Å². The molecular formula is C21H30O2. The lowest BCUT2D eigenvalue weighted by atomic mass is 9.93. The number of allylic oxidation sites excluding steroid dienone is 2. The maximum Gasteiger partial charge on any atom is 0.303 e. The van der Waals surface area contributed by atoms with Crippen molar-refractivity contribution in [2.45, 2.75) is 77.0 Å². The highest BCUT2D eigenvalue weighted by Crippen LogP contribution is 2.26. The van der Waals surface area contributed by atoms with E-state index in [4.69, 9.17) is 5.11 Å². The van der Waals surface area contributed by atoms with Gasteiger partial charge < -0.3 is 5.11 Å². The molecule has 0 saturated carbocycles. The summed E-state index contributed by atoms with van der Waals surface area (Å²) in [5.74, 6) is -0.669. The summed E-state index contributed by atoms with van der Waals surface area (Å²) in [4.78, 5) is 10.4. The second-order valence-corrected chi connectivity index (χ2v) is 6.69. The molecule has 0 aliphatic heterocycles. The summed E-state index contributed by atoms with van der Waals surface area (Å²) in [5, 5.41) is 8.58. The molecule has 126 valence electrons. The number of hydrogen-bond acceptors (Lipinski definition) is 1. The fraction of sp³-hybridized carbons (Fsp3) is 0.571. The second-order valence-electron chi connectivity index (χ2n) is 6.69. The van der Waals surface area contributed by atoms with Crippen LogP contribution in [0.4, 0.5) is 0 Å². The number of carbonyl (C=O) groups is 1. The number of benzene rings is 1. The van der Waals surface area contributed by atoms with Crippen molar-refractivity contribution in [3.8, 4) is 0 Å². The largest absolute Gasteiger partial charge is 0.481 e. The highest BCUT2D eigenvalue weighted by Gasteiger charge is 2.06. The van der Waals surface area contributed by atoms with Crippen molar-refractivity contribution in [1.29, 1.82) is 0 Å². The lowest BCUT2D eigenvalue weighted by molar-refractivity contribution is -0.137. The number of aryl methyl sites for hydroxylation is 1. The summed E-state index contributed by atoms with van der Waals surface area (Å²) in [5.41, 5.74) is 4.38. The molecule has 1 N–H and O–H groups in total. The van der Waals surface area contributed by atoms with E-state index in [0.29, 0.717) is 6.42 Å². The molecule has 1 aromatic rings. The van der Waals surface area contributed by atoms with Crippen molar-refractivity contribution in [3.63, 3.8) is 0 Å². The van der Waals surface area contributed by atoms with Crippen LogP contribution < -0.4 is 0 Å². The van der Waals surface area contributed by atoms with E-state index in [9.17, 15) is 4.79 Å². The van der Waals surface area contributed by atoms with Crippen molar-refractivity contribution >= 4 is 11.5 Å². The van der Waals surface area contributed by atoms with Crippen molar-refractivity contribution in [2.75, 3.05) is 0 Å². The van der Waals surface area contributed by atoms with Crippen LogP contribution in [0.1, 0.15) is 81.8 Å². The van der Waals surface area contributed by atoms with Crippen LogP contribution in [0.2, 0.25) is 0 Å². The Labute approximate surface area is 140 Å². The van der Waals surface area contributed by atoms with Crippen molar-refractivity contribution in [2.24, 2.45) is 0 Å². The lowest BCUT2D eigenvalue weighted by Crippen LogP contribution is -1.94. The Morgan fingerprint density at radius 3 is 2.26 bits per heavy atom. The molecule has 2 nitrogen and oxygen atoms in total. The second kappa shape index (κ2) is 10.3. The van der Waals surface area contributed by atoms with Crippen LogP contribution in [-0.2, 0) is 11.2 Å². The predicted molar refractivity (Wildman–Crippen MR) is 96.5 cm³/mol. The van der Waals surface area contributed by atoms with Gasteiger partial charge in [0.15, 0.2) is 0 Å². The van der Waals surface area contributed by atoms with E-state index in [0.717, 1.165) is 19.3 Å². The van der Waals surface area contributed by atoms with Gasteiger partial charge in [0.25, 0.3) is 0 Å². The van der Waals surface area contributed by atoms with Crippen LogP contribution in [-0.4, -0.2) is 11.1 Å². The highest BCUT2D eigenvalue weighted by molar-refractivity contribution is 5.66. The molecule has 0 amide bonds. The summed E-state index contributed by atoms with van der Waals surface area (Å²) >= 11 is 0. The van der Waals surface area contributed by atoms with Gasteiger partial charge in [0.1, 0.15) is 0 Å². The van der Waals surface area contributed by atoms with Gasteiger partial charge in [-0.3, -0.25) is 4.79 Å². The molecule has 0 bridgehead atoms. The molecule has 1 aliphatic carbocycles. The Hall–Kier alpha value is -1.57. The van der Waals surface area contributed by atoms with Crippen molar-refractivity contribution < 1.29 is 9.90 Å². The number of carboxylic acids is 1. The van der Waals surface area contributed by atoms with Crippen LogP contribution in [0.5, 0.6) is 0 Å². The maximum absolute atomic E-state index is 10.4. The van der Waals surface area contributed by atoms with E-state index in [1.165, 1.54) is 68.1 Å². The molecule has 23 heavy (non-hydrogen) atoms. The van der Waals surface area contributed by atoms with Gasteiger partial charge in [-0.05, 0) is 61.6 Å². The first kappa shape index (κ1) is 17.8. The van der Waals surface area contributed by atoms with E-state index in [1.807, 2.05) is 0 Å². The van der Waals surface area contributed by atoms with Gasteiger partial charge >= 0.3 is 5.97 Å². The topological polar surface area (TPSA) is 37.3 Å². The predicted octanol–water partition coefficient (Wildman–Crippen LogP) is 6.00. The zero-order valence-electron chi connectivity index (χ0n) is 14.2. The first-order chi connectivity index (χ1) is 11.3. The fourth-order valence-electron chi connectivity index (χ4n) is 3.30. The minimum atomic E-state index is -0.669. The van der Waals surface area contributed by atoms with Crippen LogP contribution in [0, 0.1) is 0 Å². The van der Waals surface area contributed by atoms with Gasteiger partial charge in [-0.15, -0.1) is 0 Å². The molecule has 1 aliphatic rings. The summed E-state index contributed by atoms with van der Waals surface area (Å²) in [7, 11) is 0. The standard InChI is InChI=1S/C21H30O2/c22-21(23)13-9-4-2-1-3-6-10-18-14-16-20(17-15-18)19-11-7-5-8-12-19/h11,14-17H,1-10,12-13H2,(H,22,23). The van der Waals surface area contributed by atoms with Gasteiger partial charge in [-0.25, -0.2) is 0 Å². The summed E-state index contributed by atoms with van der Waals surface area (Å²) < 4.78 is 0. The lowest BCUT2D eigenvalue weighted by Gasteiger charge is -2.13. The Bertz CT molecular complexity index is 499. The molecule has 0 unspecified atom stereocenters. The minimum absolute atomic E-state index is 0.322. The highest BCUT2D eigenvalue weighted by atomic mass is 16.4. The van der Waals surface area contributed by atoms with Crippen LogP contribution in [0.25, 0.3) is 5.57 Å². The molecule has 2 heteroatoms. The number of carboxylic acid groups (broad SMARTS) is 1. The van der Waals surface area contributed by atoms with Crippen molar-refractivity contribution in [1.82, 2.24) is 0 Å². The van der Waals surface area contributed by atoms with E-state index in [2.05, 4.69) is 30.3 Å². The number of aliphatic carboxylic acids is 1. The average Bonchev–Trinajstić information content (AvgIpc) is 2.58. The van der Waals surface area contributed by atoms with E-state index in [1.54, 1.807) is 0 Å². The van der Waals surface area contributed by atoms with Gasteiger partial charge in [0, 0.05) is 6.42 Å². The molecule has 0 fully saturated rings. The monoisotopic (exact) mass is 314 g/mol. The molecule has 1 aromatic carbocycles. The van der Waals surface area contributed by atoms with Gasteiger partial charge in [-0.1, -0.05) is 56.0 Å². The quantitative estimate of drug-likeness (QED) is 0.538. The number of hydrogen-bond donors (Lipinski definition) is 1. The fourth-order valence-corrected chi connectivity index (χ4v) is 3.30. The van der Waals surface area contributed by atoms with Gasteiger partial charge in [0.2, 0.25) is 0 Å². The summed E-state index contributed by atoms with van der Waals surface area (Å²) in [6, 6.07) is 9.16. The molecule has 0 atom stereocenters. The third-order valence-electron chi connectivity index (χ3n) is 4.72. The molecular weight excluding hydrogens is 284 g/mol. The molecule has 0 saturated heterocycles. The minimum Gasteiger partial charge on any atom is -0.481 e. The normalized spacial score (nSPS) is 14.5. The molecule has 2 rings (SSSR count). The summed E-state index contributed by atoms with van der Waals surface area (Å²) in [6.45, 7) is 0. The molecule has 0 aromatic heterocycles. The first-order valence-corrected chi connectivity index (χ1v) is 9.26. The average molecular weight is 314 g/mol. The van der Waals surface area contributed by atoms with E-state index >= 15 is 0 Å². The third-order valence-corrected chi connectivity index (χ3v) is 4.72. The number of unbranched alkanes of at least 4 members (excludes halogenated alkanes) is 5. The maximum atomic E-state index is 10.4. The molecule has 0 heterocycles.